The van der Waals surface area contributed by atoms with Gasteiger partial charge in [-0.3, -0.25) is 0 Å². The molecule has 0 aliphatic heterocycles. The molecule has 2 fully saturated rings. The summed E-state index contributed by atoms with van der Waals surface area (Å²) < 4.78 is 6.81. The molecule has 1 aromatic rings. The Morgan fingerprint density at radius 3 is 2.85 bits per heavy atom. The molecule has 20 heavy (non-hydrogen) atoms. The van der Waals surface area contributed by atoms with E-state index in [4.69, 9.17) is 16.3 Å². The zero-order valence-electron chi connectivity index (χ0n) is 11.9. The molecule has 4 atom stereocenters. The molecule has 0 N–H and O–H groups in total. The van der Waals surface area contributed by atoms with E-state index >= 15 is 0 Å². The number of hydrogen-bond acceptors (Lipinski definition) is 1. The summed E-state index contributed by atoms with van der Waals surface area (Å²) >= 11 is 10.3. The second-order valence-electron chi connectivity index (χ2n) is 6.25. The van der Waals surface area contributed by atoms with Crippen molar-refractivity contribution >= 4 is 27.5 Å². The van der Waals surface area contributed by atoms with Crippen molar-refractivity contribution in [2.75, 3.05) is 6.61 Å². The molecule has 1 nitrogen and oxygen atoms in total. The summed E-state index contributed by atoms with van der Waals surface area (Å²) in [5.74, 6) is 3.69. The molecule has 3 rings (SSSR count). The van der Waals surface area contributed by atoms with E-state index in [0.717, 1.165) is 40.0 Å². The summed E-state index contributed by atoms with van der Waals surface area (Å²) in [6, 6.07) is 6.17. The van der Waals surface area contributed by atoms with Gasteiger partial charge in [0.25, 0.3) is 0 Å². The molecule has 2 aliphatic rings. The van der Waals surface area contributed by atoms with E-state index < -0.39 is 0 Å². The minimum atomic E-state index is 0.0680. The van der Waals surface area contributed by atoms with E-state index in [1.54, 1.807) is 0 Å². The highest BCUT2D eigenvalue weighted by molar-refractivity contribution is 9.10. The smallest absolute Gasteiger partial charge is 0.124 e. The topological polar surface area (TPSA) is 9.23 Å². The normalized spacial score (nSPS) is 29.6. The molecule has 0 radical (unpaired) electrons. The largest absolute Gasteiger partial charge is 0.494 e. The van der Waals surface area contributed by atoms with Crippen LogP contribution in [0.4, 0.5) is 0 Å². The zero-order chi connectivity index (χ0) is 14.1. The van der Waals surface area contributed by atoms with Gasteiger partial charge in [0.1, 0.15) is 5.75 Å². The summed E-state index contributed by atoms with van der Waals surface area (Å²) in [5.41, 5.74) is 1.14. The fourth-order valence-electron chi connectivity index (χ4n) is 4.11. The van der Waals surface area contributed by atoms with E-state index in [9.17, 15) is 0 Å². The second kappa shape index (κ2) is 6.27. The van der Waals surface area contributed by atoms with Crippen LogP contribution in [0.15, 0.2) is 22.7 Å². The third-order valence-electron chi connectivity index (χ3n) is 5.00. The van der Waals surface area contributed by atoms with Crippen molar-refractivity contribution < 1.29 is 4.74 Å². The van der Waals surface area contributed by atoms with Crippen LogP contribution in [0.1, 0.15) is 50.0 Å². The highest BCUT2D eigenvalue weighted by atomic mass is 79.9. The molecule has 1 aromatic carbocycles. The van der Waals surface area contributed by atoms with Crippen LogP contribution in [0.5, 0.6) is 5.75 Å². The Bertz CT molecular complexity index is 476. The van der Waals surface area contributed by atoms with Crippen LogP contribution in [0.25, 0.3) is 0 Å². The Labute approximate surface area is 135 Å². The maximum atomic E-state index is 6.74. The molecule has 0 heterocycles. The molecule has 110 valence electrons. The minimum absolute atomic E-state index is 0.0680. The first kappa shape index (κ1) is 14.7. The van der Waals surface area contributed by atoms with Crippen LogP contribution in [0.2, 0.25) is 0 Å². The molecule has 2 aliphatic carbocycles. The first-order valence-electron chi connectivity index (χ1n) is 7.73. The van der Waals surface area contributed by atoms with Gasteiger partial charge in [0.2, 0.25) is 0 Å². The summed E-state index contributed by atoms with van der Waals surface area (Å²) in [6.07, 6.45) is 6.82. The molecule has 4 unspecified atom stereocenters. The number of fused-ring (bicyclic) bond motifs is 2. The number of rotatable bonds is 5. The van der Waals surface area contributed by atoms with Gasteiger partial charge >= 0.3 is 0 Å². The Morgan fingerprint density at radius 1 is 1.35 bits per heavy atom. The van der Waals surface area contributed by atoms with Gasteiger partial charge in [0.15, 0.2) is 0 Å². The van der Waals surface area contributed by atoms with Crippen molar-refractivity contribution in [1.29, 1.82) is 0 Å². The van der Waals surface area contributed by atoms with Gasteiger partial charge in [-0.05, 0) is 68.6 Å². The molecule has 0 amide bonds. The van der Waals surface area contributed by atoms with Crippen LogP contribution in [0, 0.1) is 17.8 Å². The van der Waals surface area contributed by atoms with Crippen molar-refractivity contribution in [2.45, 2.75) is 44.4 Å². The SMILES string of the molecule is CCOc1ccc(Br)cc1C(Cl)CC1CC2CCC1C2. The van der Waals surface area contributed by atoms with Gasteiger partial charge in [0, 0.05) is 10.0 Å². The first-order chi connectivity index (χ1) is 9.67. The number of ether oxygens (including phenoxy) is 1. The Balaban J connectivity index is 1.72. The van der Waals surface area contributed by atoms with Crippen molar-refractivity contribution in [3.8, 4) is 5.75 Å². The average molecular weight is 358 g/mol. The minimum Gasteiger partial charge on any atom is -0.494 e. The lowest BCUT2D eigenvalue weighted by atomic mass is 9.84. The van der Waals surface area contributed by atoms with Gasteiger partial charge in [-0.15, -0.1) is 11.6 Å². The fraction of sp³-hybridized carbons (Fsp3) is 0.647. The molecule has 0 saturated heterocycles. The molecule has 2 saturated carbocycles. The molecule has 0 spiro atoms. The third kappa shape index (κ3) is 3.01. The van der Waals surface area contributed by atoms with Gasteiger partial charge in [0.05, 0.1) is 12.0 Å². The third-order valence-corrected chi connectivity index (χ3v) is 5.91. The number of hydrogen-bond donors (Lipinski definition) is 0. The van der Waals surface area contributed by atoms with Crippen molar-refractivity contribution in [2.24, 2.45) is 17.8 Å². The summed E-state index contributed by atoms with van der Waals surface area (Å²) in [7, 11) is 0. The lowest BCUT2D eigenvalue weighted by Crippen LogP contribution is -2.13. The van der Waals surface area contributed by atoms with Crippen molar-refractivity contribution in [3.05, 3.63) is 28.2 Å². The predicted molar refractivity (Wildman–Crippen MR) is 87.5 cm³/mol. The predicted octanol–water partition coefficient (Wildman–Crippen LogP) is 5.95. The summed E-state index contributed by atoms with van der Waals surface area (Å²) in [4.78, 5) is 0. The number of alkyl halides is 1. The van der Waals surface area contributed by atoms with Crippen LogP contribution >= 0.6 is 27.5 Å². The highest BCUT2D eigenvalue weighted by Gasteiger charge is 2.40. The van der Waals surface area contributed by atoms with E-state index in [0.29, 0.717) is 6.61 Å². The van der Waals surface area contributed by atoms with E-state index in [2.05, 4.69) is 22.0 Å². The number of halogens is 2. The maximum absolute atomic E-state index is 6.74. The van der Waals surface area contributed by atoms with Crippen molar-refractivity contribution in [1.82, 2.24) is 0 Å². The lowest BCUT2D eigenvalue weighted by molar-refractivity contribution is 0.305. The summed E-state index contributed by atoms with van der Waals surface area (Å²) in [6.45, 7) is 2.71. The second-order valence-corrected chi connectivity index (χ2v) is 7.70. The van der Waals surface area contributed by atoms with Crippen LogP contribution in [-0.4, -0.2) is 6.61 Å². The highest BCUT2D eigenvalue weighted by Crippen LogP contribution is 2.52. The van der Waals surface area contributed by atoms with Crippen molar-refractivity contribution in [3.63, 3.8) is 0 Å². The molecular formula is C17H22BrClO. The van der Waals surface area contributed by atoms with Crippen LogP contribution in [0.3, 0.4) is 0 Å². The van der Waals surface area contributed by atoms with Gasteiger partial charge < -0.3 is 4.74 Å². The standard InChI is InChI=1S/C17H22BrClO/c1-2-20-17-6-5-14(18)10-15(17)16(19)9-13-8-11-3-4-12(13)7-11/h5-6,10-13,16H,2-4,7-9H2,1H3. The van der Waals surface area contributed by atoms with E-state index in [1.165, 1.54) is 25.7 Å². The van der Waals surface area contributed by atoms with Gasteiger partial charge in [-0.1, -0.05) is 22.4 Å². The maximum Gasteiger partial charge on any atom is 0.124 e. The Kier molecular flexibility index (Phi) is 4.62. The van der Waals surface area contributed by atoms with Gasteiger partial charge in [-0.2, -0.15) is 0 Å². The average Bonchev–Trinajstić information content (AvgIpc) is 3.03. The zero-order valence-corrected chi connectivity index (χ0v) is 14.3. The Hall–Kier alpha value is -0.210. The summed E-state index contributed by atoms with van der Waals surface area (Å²) in [5, 5.41) is 0.0680. The quantitative estimate of drug-likeness (QED) is 0.591. The number of benzene rings is 1. The van der Waals surface area contributed by atoms with Crippen LogP contribution < -0.4 is 4.74 Å². The lowest BCUT2D eigenvalue weighted by Gasteiger charge is -2.25. The molecule has 0 aromatic heterocycles. The van der Waals surface area contributed by atoms with Gasteiger partial charge in [-0.25, -0.2) is 0 Å². The van der Waals surface area contributed by atoms with Crippen LogP contribution in [-0.2, 0) is 0 Å². The van der Waals surface area contributed by atoms with E-state index in [1.807, 2.05) is 19.1 Å². The van der Waals surface area contributed by atoms with E-state index in [-0.39, 0.29) is 5.38 Å². The molecular weight excluding hydrogens is 336 g/mol. The Morgan fingerprint density at radius 2 is 2.20 bits per heavy atom. The monoisotopic (exact) mass is 356 g/mol. The molecule has 2 bridgehead atoms. The first-order valence-corrected chi connectivity index (χ1v) is 8.96. The molecule has 3 heteroatoms. The fourth-order valence-corrected chi connectivity index (χ4v) is 4.89.